The molecule has 2 fully saturated rings. The number of aromatic amines is 1. The van der Waals surface area contributed by atoms with E-state index in [4.69, 9.17) is 4.74 Å². The number of nitrogens with zero attached hydrogens (tertiary/aromatic N) is 3. The number of oxime groups is 1. The summed E-state index contributed by atoms with van der Waals surface area (Å²) in [7, 11) is 0. The minimum atomic E-state index is -4.69. The number of aromatic nitrogens is 2. The normalized spacial score (nSPS) is 21.5. The number of carbonyl (C=O) groups is 2. The van der Waals surface area contributed by atoms with Gasteiger partial charge in [0.1, 0.15) is 17.9 Å². The van der Waals surface area contributed by atoms with Crippen LogP contribution in [0.1, 0.15) is 50.2 Å². The highest BCUT2D eigenvalue weighted by Gasteiger charge is 2.51. The van der Waals surface area contributed by atoms with Gasteiger partial charge in [0.15, 0.2) is 11.3 Å². The number of hydrogen-bond acceptors (Lipinski definition) is 7. The lowest BCUT2D eigenvalue weighted by Crippen LogP contribution is -2.45. The Balaban J connectivity index is 1.42. The van der Waals surface area contributed by atoms with E-state index in [2.05, 4.69) is 30.9 Å². The van der Waals surface area contributed by atoms with Gasteiger partial charge in [-0.15, -0.1) is 5.48 Å². The smallest absolute Gasteiger partial charge is 0.364 e. The lowest BCUT2D eigenvalue weighted by molar-refractivity contribution is -0.265. The molecule has 5 rings (SSSR count). The standard InChI is InChI=1S/C24H27F6N7O4/c1-22(2,24(28,29)30)40-10-16(34-20(38)15-8-31-41-36-15)19-32-13-6-5-12(7-14(13)33-19)18(11-3-4-11)37-9-17(23(25,26)27)35-21(37)39/h5-7,11,16-18,31H,3-4,8-10H2,1-2H3,(H,32,33)(H,34,38)(H,35,39). The average molecular weight is 592 g/mol. The molecule has 1 saturated heterocycles. The molecule has 0 radical (unpaired) electrons. The monoisotopic (exact) mass is 591 g/mol. The predicted molar refractivity (Wildman–Crippen MR) is 130 cm³/mol. The highest BCUT2D eigenvalue weighted by atomic mass is 19.4. The summed E-state index contributed by atoms with van der Waals surface area (Å²) in [5.74, 6) is -0.668. The third-order valence-electron chi connectivity index (χ3n) is 7.25. The molecule has 2 aromatic rings. The highest BCUT2D eigenvalue weighted by molar-refractivity contribution is 6.39. The Hall–Kier alpha value is -3.60. The van der Waals surface area contributed by atoms with E-state index in [0.717, 1.165) is 26.7 Å². The van der Waals surface area contributed by atoms with Crippen molar-refractivity contribution in [2.75, 3.05) is 19.7 Å². The molecule has 1 aliphatic carbocycles. The van der Waals surface area contributed by atoms with Gasteiger partial charge >= 0.3 is 18.4 Å². The van der Waals surface area contributed by atoms with Crippen molar-refractivity contribution in [2.45, 2.75) is 62.8 Å². The maximum atomic E-state index is 13.4. The van der Waals surface area contributed by atoms with E-state index in [1.54, 1.807) is 18.2 Å². The van der Waals surface area contributed by atoms with Gasteiger partial charge in [0.2, 0.25) is 0 Å². The second-order valence-electron chi connectivity index (χ2n) is 10.7. The van der Waals surface area contributed by atoms with Gasteiger partial charge in [-0.1, -0.05) is 11.2 Å². The molecule has 3 amide bonds. The number of imidazole rings is 1. The zero-order valence-corrected chi connectivity index (χ0v) is 21.8. The Labute approximate surface area is 228 Å². The Bertz CT molecular complexity index is 1350. The van der Waals surface area contributed by atoms with E-state index in [0.29, 0.717) is 16.6 Å². The van der Waals surface area contributed by atoms with Gasteiger partial charge in [-0.05, 0) is 50.3 Å². The molecule has 3 unspecified atom stereocenters. The number of amides is 3. The SMILES string of the molecule is CC(C)(OCC(NC(=O)C1=NONC1)c1nc2ccc(C(C3CC3)N3CC(C(F)(F)F)NC3=O)cc2[nH]1)C(F)(F)F. The van der Waals surface area contributed by atoms with Crippen molar-refractivity contribution in [3.8, 4) is 0 Å². The van der Waals surface area contributed by atoms with Crippen LogP contribution in [-0.4, -0.2) is 76.2 Å². The molecule has 4 N–H and O–H groups in total. The van der Waals surface area contributed by atoms with Crippen molar-refractivity contribution >= 4 is 28.7 Å². The lowest BCUT2D eigenvalue weighted by Gasteiger charge is -2.29. The molecule has 41 heavy (non-hydrogen) atoms. The van der Waals surface area contributed by atoms with Crippen molar-refractivity contribution in [2.24, 2.45) is 11.1 Å². The quantitative estimate of drug-likeness (QED) is 0.331. The van der Waals surface area contributed by atoms with Gasteiger partial charge in [0.05, 0.1) is 36.8 Å². The van der Waals surface area contributed by atoms with Crippen LogP contribution >= 0.6 is 0 Å². The zero-order chi connectivity index (χ0) is 29.7. The summed E-state index contributed by atoms with van der Waals surface area (Å²) in [4.78, 5) is 38.3. The molecule has 1 aromatic heterocycles. The first-order chi connectivity index (χ1) is 19.1. The molecule has 3 heterocycles. The summed E-state index contributed by atoms with van der Waals surface area (Å²) < 4.78 is 85.3. The summed E-state index contributed by atoms with van der Waals surface area (Å²) in [6, 6.07) is 0.313. The molecule has 1 aromatic carbocycles. The number of ether oxygens (including phenoxy) is 1. The molecule has 11 nitrogen and oxygen atoms in total. The zero-order valence-electron chi connectivity index (χ0n) is 21.8. The Morgan fingerprint density at radius 3 is 2.54 bits per heavy atom. The summed E-state index contributed by atoms with van der Waals surface area (Å²) >= 11 is 0. The first-order valence-corrected chi connectivity index (χ1v) is 12.7. The van der Waals surface area contributed by atoms with Crippen LogP contribution in [0, 0.1) is 5.92 Å². The second-order valence-corrected chi connectivity index (χ2v) is 10.7. The Morgan fingerprint density at radius 2 is 1.95 bits per heavy atom. The molecule has 17 heteroatoms. The molecular weight excluding hydrogens is 564 g/mol. The number of H-pyrrole nitrogens is 1. The van der Waals surface area contributed by atoms with E-state index in [1.165, 1.54) is 4.90 Å². The summed E-state index contributed by atoms with van der Waals surface area (Å²) in [5, 5.41) is 8.07. The van der Waals surface area contributed by atoms with Gasteiger partial charge in [-0.3, -0.25) is 9.73 Å². The summed E-state index contributed by atoms with van der Waals surface area (Å²) in [5.41, 5.74) is 1.16. The van der Waals surface area contributed by atoms with Crippen molar-refractivity contribution in [1.82, 2.24) is 31.0 Å². The number of urea groups is 1. The van der Waals surface area contributed by atoms with Crippen LogP contribution in [0.2, 0.25) is 0 Å². The minimum Gasteiger partial charge on any atom is -0.364 e. The number of hydroxylamine groups is 1. The van der Waals surface area contributed by atoms with Crippen LogP contribution in [0.5, 0.6) is 0 Å². The number of nitrogens with one attached hydrogen (secondary N) is 4. The molecule has 2 aliphatic heterocycles. The molecule has 1 saturated carbocycles. The van der Waals surface area contributed by atoms with E-state index in [-0.39, 0.29) is 24.0 Å². The predicted octanol–water partition coefficient (Wildman–Crippen LogP) is 3.38. The Morgan fingerprint density at radius 1 is 1.22 bits per heavy atom. The van der Waals surface area contributed by atoms with Crippen molar-refractivity contribution in [1.29, 1.82) is 0 Å². The number of carbonyl (C=O) groups excluding carboxylic acids is 2. The van der Waals surface area contributed by atoms with Crippen LogP contribution in [0.3, 0.4) is 0 Å². The fourth-order valence-corrected chi connectivity index (χ4v) is 4.64. The lowest BCUT2D eigenvalue weighted by atomic mass is 10.00. The maximum Gasteiger partial charge on any atom is 0.416 e. The Kier molecular flexibility index (Phi) is 7.30. The highest BCUT2D eigenvalue weighted by Crippen LogP contribution is 2.46. The largest absolute Gasteiger partial charge is 0.416 e. The molecule has 3 aliphatic rings. The fourth-order valence-electron chi connectivity index (χ4n) is 4.64. The van der Waals surface area contributed by atoms with E-state index in [1.807, 2.05) is 5.32 Å². The first kappa shape index (κ1) is 28.9. The third-order valence-corrected chi connectivity index (χ3v) is 7.25. The fraction of sp³-hybridized carbons (Fsp3) is 0.583. The number of rotatable bonds is 9. The number of hydrogen-bond donors (Lipinski definition) is 4. The number of benzene rings is 1. The van der Waals surface area contributed by atoms with E-state index < -0.39 is 61.2 Å². The van der Waals surface area contributed by atoms with Crippen molar-refractivity contribution in [3.05, 3.63) is 29.6 Å². The van der Waals surface area contributed by atoms with Gasteiger partial charge < -0.3 is 25.3 Å². The maximum absolute atomic E-state index is 13.4. The summed E-state index contributed by atoms with van der Waals surface area (Å²) in [6.07, 6.45) is -7.81. The number of halogens is 6. The van der Waals surface area contributed by atoms with Gasteiger partial charge in [0, 0.05) is 0 Å². The average Bonchev–Trinajstić information content (AvgIpc) is 3.25. The van der Waals surface area contributed by atoms with Crippen LogP contribution in [0.4, 0.5) is 31.1 Å². The topological polar surface area (TPSA) is 133 Å². The van der Waals surface area contributed by atoms with Crippen LogP contribution in [0.15, 0.2) is 23.4 Å². The first-order valence-electron chi connectivity index (χ1n) is 12.7. The van der Waals surface area contributed by atoms with Gasteiger partial charge in [-0.25, -0.2) is 9.78 Å². The van der Waals surface area contributed by atoms with Gasteiger partial charge in [0.25, 0.3) is 5.91 Å². The van der Waals surface area contributed by atoms with Crippen LogP contribution in [-0.2, 0) is 14.5 Å². The number of alkyl halides is 6. The number of fused-ring (bicyclic) bond motifs is 1. The molecule has 224 valence electrons. The molecular formula is C24H27F6N7O4. The van der Waals surface area contributed by atoms with Crippen LogP contribution < -0.4 is 16.1 Å². The summed E-state index contributed by atoms with van der Waals surface area (Å²) in [6.45, 7) is 0.540. The second kappa shape index (κ2) is 10.3. The van der Waals surface area contributed by atoms with Gasteiger partial charge in [-0.2, -0.15) is 26.3 Å². The van der Waals surface area contributed by atoms with Crippen molar-refractivity contribution < 1.29 is 45.6 Å². The molecule has 0 spiro atoms. The molecule has 3 atom stereocenters. The minimum absolute atomic E-state index is 0.0272. The van der Waals surface area contributed by atoms with Crippen molar-refractivity contribution in [3.63, 3.8) is 0 Å². The van der Waals surface area contributed by atoms with E-state index >= 15 is 0 Å². The third kappa shape index (κ3) is 6.05. The van der Waals surface area contributed by atoms with Crippen LogP contribution in [0.25, 0.3) is 11.0 Å². The molecule has 0 bridgehead atoms. The van der Waals surface area contributed by atoms with E-state index in [9.17, 15) is 35.9 Å².